The molecule has 0 aromatic heterocycles. The summed E-state index contributed by atoms with van der Waals surface area (Å²) in [6.45, 7) is 0. The van der Waals surface area contributed by atoms with Crippen molar-refractivity contribution >= 4 is 6.29 Å². The van der Waals surface area contributed by atoms with Crippen molar-refractivity contribution in [3.8, 4) is 0 Å². The molecule has 0 amide bonds. The van der Waals surface area contributed by atoms with Crippen LogP contribution in [0.5, 0.6) is 0 Å². The van der Waals surface area contributed by atoms with Crippen LogP contribution in [0.15, 0.2) is 0 Å². The second-order valence-corrected chi connectivity index (χ2v) is 2.67. The zero-order chi connectivity index (χ0) is 6.69. The molecule has 1 N–H and O–H groups in total. The van der Waals surface area contributed by atoms with Gasteiger partial charge in [-0.15, -0.1) is 0 Å². The van der Waals surface area contributed by atoms with E-state index >= 15 is 0 Å². The molecule has 1 aliphatic carbocycles. The van der Waals surface area contributed by atoms with Gasteiger partial charge in [-0.05, 0) is 18.8 Å². The Balaban J connectivity index is 2.32. The van der Waals surface area contributed by atoms with E-state index in [9.17, 15) is 4.79 Å². The number of rotatable bonds is 2. The topological polar surface area (TPSA) is 37.3 Å². The normalized spacial score (nSPS) is 24.1. The minimum absolute atomic E-state index is 0.266. The average Bonchev–Trinajstić information content (AvgIpc) is 2.37. The lowest BCUT2D eigenvalue weighted by molar-refractivity contribution is -0.117. The molecule has 1 aliphatic rings. The summed E-state index contributed by atoms with van der Waals surface area (Å²) < 4.78 is 0. The van der Waals surface area contributed by atoms with Crippen molar-refractivity contribution < 1.29 is 9.90 Å². The van der Waals surface area contributed by atoms with Gasteiger partial charge in [0, 0.05) is 0 Å². The molecule has 0 spiro atoms. The van der Waals surface area contributed by atoms with E-state index in [1.807, 2.05) is 0 Å². The number of carbonyl (C=O) groups excluding carboxylic acids is 1. The molecular weight excluding hydrogens is 116 g/mol. The van der Waals surface area contributed by atoms with Gasteiger partial charge in [-0.2, -0.15) is 0 Å². The van der Waals surface area contributed by atoms with Crippen LogP contribution in [0, 0.1) is 5.92 Å². The maximum absolute atomic E-state index is 10.0. The van der Waals surface area contributed by atoms with Crippen molar-refractivity contribution in [2.75, 3.05) is 0 Å². The van der Waals surface area contributed by atoms with Crippen molar-refractivity contribution in [2.24, 2.45) is 5.92 Å². The first-order chi connectivity index (χ1) is 4.34. The Hall–Kier alpha value is -0.370. The third kappa shape index (κ3) is 1.52. The maximum Gasteiger partial charge on any atom is 0.148 e. The summed E-state index contributed by atoms with van der Waals surface area (Å²) in [7, 11) is 0. The molecule has 0 heterocycles. The largest absolute Gasteiger partial charge is 0.385 e. The monoisotopic (exact) mass is 128 g/mol. The fourth-order valence-corrected chi connectivity index (χ4v) is 1.41. The van der Waals surface area contributed by atoms with Crippen LogP contribution in [-0.4, -0.2) is 17.5 Å². The maximum atomic E-state index is 10.0. The number of hydrogen-bond donors (Lipinski definition) is 1. The summed E-state index contributed by atoms with van der Waals surface area (Å²) in [5.41, 5.74) is 0. The summed E-state index contributed by atoms with van der Waals surface area (Å²) >= 11 is 0. The van der Waals surface area contributed by atoms with Gasteiger partial charge < -0.3 is 9.90 Å². The molecule has 0 aromatic carbocycles. The van der Waals surface area contributed by atoms with Crippen molar-refractivity contribution in [2.45, 2.75) is 31.8 Å². The van der Waals surface area contributed by atoms with Gasteiger partial charge in [0.1, 0.15) is 12.4 Å². The Labute approximate surface area is 54.9 Å². The van der Waals surface area contributed by atoms with Crippen molar-refractivity contribution in [1.82, 2.24) is 0 Å². The Morgan fingerprint density at radius 1 is 1.44 bits per heavy atom. The number of hydrogen-bond acceptors (Lipinski definition) is 2. The predicted molar refractivity (Wildman–Crippen MR) is 34.0 cm³/mol. The number of carbonyl (C=O) groups is 1. The lowest BCUT2D eigenvalue weighted by atomic mass is 10.0. The molecule has 0 radical (unpaired) electrons. The smallest absolute Gasteiger partial charge is 0.148 e. The number of aliphatic hydroxyl groups excluding tert-OH is 1. The summed E-state index contributed by atoms with van der Waals surface area (Å²) in [5, 5.41) is 8.99. The Bertz CT molecular complexity index is 95.1. The first-order valence-electron chi connectivity index (χ1n) is 3.48. The highest BCUT2D eigenvalue weighted by Gasteiger charge is 2.21. The molecule has 0 aliphatic heterocycles. The van der Waals surface area contributed by atoms with Crippen LogP contribution in [-0.2, 0) is 4.79 Å². The Morgan fingerprint density at radius 3 is 2.44 bits per heavy atom. The molecule has 9 heavy (non-hydrogen) atoms. The molecule has 2 heteroatoms. The predicted octanol–water partition coefficient (Wildman–Crippen LogP) is 0.736. The Kier molecular flexibility index (Phi) is 2.22. The Morgan fingerprint density at radius 2 is 2.00 bits per heavy atom. The highest BCUT2D eigenvalue weighted by Crippen LogP contribution is 2.26. The number of aldehydes is 1. The highest BCUT2D eigenvalue weighted by atomic mass is 16.3. The molecular formula is C7H12O2. The minimum atomic E-state index is -0.688. The zero-order valence-corrected chi connectivity index (χ0v) is 5.42. The van der Waals surface area contributed by atoms with E-state index in [2.05, 4.69) is 0 Å². The van der Waals surface area contributed by atoms with Crippen LogP contribution in [0.25, 0.3) is 0 Å². The van der Waals surface area contributed by atoms with Gasteiger partial charge >= 0.3 is 0 Å². The molecule has 0 unspecified atom stereocenters. The van der Waals surface area contributed by atoms with E-state index < -0.39 is 6.10 Å². The average molecular weight is 128 g/mol. The van der Waals surface area contributed by atoms with E-state index in [0.29, 0.717) is 6.29 Å². The summed E-state index contributed by atoms with van der Waals surface area (Å²) in [6.07, 6.45) is 4.37. The van der Waals surface area contributed by atoms with E-state index in [1.165, 1.54) is 12.8 Å². The van der Waals surface area contributed by atoms with E-state index in [-0.39, 0.29) is 5.92 Å². The van der Waals surface area contributed by atoms with E-state index in [0.717, 1.165) is 12.8 Å². The first-order valence-corrected chi connectivity index (χ1v) is 3.48. The molecule has 1 saturated carbocycles. The molecule has 1 fully saturated rings. The lowest BCUT2D eigenvalue weighted by Crippen LogP contribution is -2.18. The number of aliphatic hydroxyl groups is 1. The van der Waals surface area contributed by atoms with Crippen LogP contribution >= 0.6 is 0 Å². The summed E-state index contributed by atoms with van der Waals surface area (Å²) in [4.78, 5) is 10.0. The van der Waals surface area contributed by atoms with E-state index in [1.54, 1.807) is 0 Å². The van der Waals surface area contributed by atoms with Gasteiger partial charge in [0.15, 0.2) is 0 Å². The molecule has 1 atom stereocenters. The summed E-state index contributed by atoms with van der Waals surface area (Å²) in [5.74, 6) is 0.266. The van der Waals surface area contributed by atoms with Gasteiger partial charge in [0.2, 0.25) is 0 Å². The third-order valence-corrected chi connectivity index (χ3v) is 2.02. The first kappa shape index (κ1) is 6.75. The molecule has 52 valence electrons. The lowest BCUT2D eigenvalue weighted by Gasteiger charge is -2.09. The van der Waals surface area contributed by atoms with Crippen LogP contribution in [0.3, 0.4) is 0 Å². The summed E-state index contributed by atoms with van der Waals surface area (Å²) in [6, 6.07) is 0. The van der Waals surface area contributed by atoms with Crippen LogP contribution in [0.2, 0.25) is 0 Å². The molecule has 2 nitrogen and oxygen atoms in total. The molecule has 0 saturated heterocycles. The molecule has 0 aromatic rings. The third-order valence-electron chi connectivity index (χ3n) is 2.02. The van der Waals surface area contributed by atoms with E-state index in [4.69, 9.17) is 5.11 Å². The van der Waals surface area contributed by atoms with Gasteiger partial charge in [-0.1, -0.05) is 12.8 Å². The molecule has 1 rings (SSSR count). The van der Waals surface area contributed by atoms with Gasteiger partial charge in [-0.25, -0.2) is 0 Å². The quantitative estimate of drug-likeness (QED) is 0.557. The highest BCUT2D eigenvalue weighted by molar-refractivity contribution is 5.56. The van der Waals surface area contributed by atoms with Crippen LogP contribution in [0.4, 0.5) is 0 Å². The van der Waals surface area contributed by atoms with Crippen LogP contribution in [0.1, 0.15) is 25.7 Å². The zero-order valence-electron chi connectivity index (χ0n) is 5.42. The van der Waals surface area contributed by atoms with Gasteiger partial charge in [-0.3, -0.25) is 0 Å². The van der Waals surface area contributed by atoms with Gasteiger partial charge in [0.25, 0.3) is 0 Å². The molecule has 0 bridgehead atoms. The van der Waals surface area contributed by atoms with Crippen molar-refractivity contribution in [3.05, 3.63) is 0 Å². The second kappa shape index (κ2) is 2.97. The minimum Gasteiger partial charge on any atom is -0.385 e. The fraction of sp³-hybridized carbons (Fsp3) is 0.857. The van der Waals surface area contributed by atoms with Crippen molar-refractivity contribution in [1.29, 1.82) is 0 Å². The van der Waals surface area contributed by atoms with Crippen molar-refractivity contribution in [3.63, 3.8) is 0 Å². The van der Waals surface area contributed by atoms with Crippen LogP contribution < -0.4 is 0 Å². The SMILES string of the molecule is O=C[C@@H](O)C1CCCC1. The standard InChI is InChI=1S/C7H12O2/c8-5-7(9)6-3-1-2-4-6/h5-7,9H,1-4H2/t7-/m1/s1. The second-order valence-electron chi connectivity index (χ2n) is 2.67. The fourth-order valence-electron chi connectivity index (χ4n) is 1.41. The van der Waals surface area contributed by atoms with Gasteiger partial charge in [0.05, 0.1) is 0 Å².